The Morgan fingerprint density at radius 2 is 1.62 bits per heavy atom. The molecule has 3 rings (SSSR count). The third-order valence-corrected chi connectivity index (χ3v) is 9.06. The molecule has 0 aromatic heterocycles. The molecule has 2 amide bonds. The predicted molar refractivity (Wildman–Crippen MR) is 159 cm³/mol. The third-order valence-electron chi connectivity index (χ3n) is 6.22. The smallest absolute Gasteiger partial charge is 0.264 e. The molecule has 0 bridgehead atoms. The van der Waals surface area contributed by atoms with Crippen molar-refractivity contribution in [3.05, 3.63) is 92.9 Å². The molecule has 0 saturated carbocycles. The highest BCUT2D eigenvalue weighted by atomic mass is 79.9. The van der Waals surface area contributed by atoms with E-state index in [1.54, 1.807) is 25.1 Å². The number of nitrogens with zero attached hydrogens (tertiary/aromatic N) is 2. The van der Waals surface area contributed by atoms with Gasteiger partial charge in [0.1, 0.15) is 12.6 Å². The Morgan fingerprint density at radius 3 is 2.21 bits per heavy atom. The molecule has 39 heavy (non-hydrogen) atoms. The Labute approximate surface area is 248 Å². The summed E-state index contributed by atoms with van der Waals surface area (Å²) in [7, 11) is -4.21. The average molecular weight is 655 g/mol. The van der Waals surface area contributed by atoms with Crippen molar-refractivity contribution in [1.29, 1.82) is 0 Å². The van der Waals surface area contributed by atoms with Crippen molar-refractivity contribution in [2.45, 2.75) is 50.7 Å². The van der Waals surface area contributed by atoms with Crippen LogP contribution in [0, 0.1) is 0 Å². The summed E-state index contributed by atoms with van der Waals surface area (Å²) >= 11 is 15.9. The van der Waals surface area contributed by atoms with Crippen molar-refractivity contribution in [2.75, 3.05) is 10.8 Å². The summed E-state index contributed by atoms with van der Waals surface area (Å²) in [6, 6.07) is 18.5. The van der Waals surface area contributed by atoms with Gasteiger partial charge in [-0.3, -0.25) is 13.9 Å². The Hall–Kier alpha value is -2.59. The lowest BCUT2D eigenvalue weighted by molar-refractivity contribution is -0.139. The molecule has 3 aromatic rings. The van der Waals surface area contributed by atoms with Crippen molar-refractivity contribution in [3.63, 3.8) is 0 Å². The Bertz CT molecular complexity index is 1410. The molecule has 11 heteroatoms. The van der Waals surface area contributed by atoms with Gasteiger partial charge in [0.15, 0.2) is 0 Å². The maximum Gasteiger partial charge on any atom is 0.264 e. The minimum atomic E-state index is -4.21. The molecule has 2 atom stereocenters. The van der Waals surface area contributed by atoms with Gasteiger partial charge in [-0.15, -0.1) is 0 Å². The zero-order valence-corrected chi connectivity index (χ0v) is 25.7. The van der Waals surface area contributed by atoms with Gasteiger partial charge in [-0.05, 0) is 68.3 Å². The van der Waals surface area contributed by atoms with E-state index < -0.39 is 28.5 Å². The average Bonchev–Trinajstić information content (AvgIpc) is 2.91. The van der Waals surface area contributed by atoms with E-state index in [1.807, 2.05) is 38.1 Å². The molecule has 0 fully saturated rings. The number of hydrogen-bond donors (Lipinski definition) is 1. The monoisotopic (exact) mass is 653 g/mol. The summed E-state index contributed by atoms with van der Waals surface area (Å²) in [5, 5.41) is 3.29. The van der Waals surface area contributed by atoms with Gasteiger partial charge < -0.3 is 10.2 Å². The Balaban J connectivity index is 2.04. The van der Waals surface area contributed by atoms with Crippen LogP contribution in [0.25, 0.3) is 0 Å². The number of nitrogens with one attached hydrogen (secondary N) is 1. The van der Waals surface area contributed by atoms with Gasteiger partial charge in [-0.25, -0.2) is 8.42 Å². The van der Waals surface area contributed by atoms with Crippen LogP contribution >= 0.6 is 39.1 Å². The molecule has 0 saturated heterocycles. The summed E-state index contributed by atoms with van der Waals surface area (Å²) in [4.78, 5) is 28.4. The molecule has 0 spiro atoms. The van der Waals surface area contributed by atoms with Crippen LogP contribution in [0.3, 0.4) is 0 Å². The third kappa shape index (κ3) is 7.97. The Kier molecular flexibility index (Phi) is 10.8. The van der Waals surface area contributed by atoms with E-state index in [0.717, 1.165) is 20.8 Å². The number of sulfonamides is 1. The zero-order valence-electron chi connectivity index (χ0n) is 21.8. The van der Waals surface area contributed by atoms with E-state index in [4.69, 9.17) is 23.2 Å². The fourth-order valence-corrected chi connectivity index (χ4v) is 6.03. The zero-order chi connectivity index (χ0) is 28.7. The van der Waals surface area contributed by atoms with Crippen molar-refractivity contribution >= 4 is 66.7 Å². The first-order valence-electron chi connectivity index (χ1n) is 12.3. The minimum absolute atomic E-state index is 0.00848. The molecule has 0 radical (unpaired) electrons. The van der Waals surface area contributed by atoms with Gasteiger partial charge in [0.2, 0.25) is 11.8 Å². The molecule has 0 aliphatic rings. The van der Waals surface area contributed by atoms with Crippen molar-refractivity contribution in [1.82, 2.24) is 10.2 Å². The van der Waals surface area contributed by atoms with Crippen LogP contribution in [0.4, 0.5) is 5.69 Å². The second kappa shape index (κ2) is 13.7. The number of halogens is 3. The maximum atomic E-state index is 13.9. The fraction of sp³-hybridized carbons (Fsp3) is 0.286. The molecule has 208 valence electrons. The van der Waals surface area contributed by atoms with Crippen LogP contribution in [0.1, 0.15) is 32.8 Å². The quantitative estimate of drug-likeness (QED) is 0.264. The number of benzene rings is 3. The van der Waals surface area contributed by atoms with Crippen LogP contribution in [0.5, 0.6) is 0 Å². The number of amides is 2. The second-order valence-electron chi connectivity index (χ2n) is 9.06. The first-order chi connectivity index (χ1) is 18.4. The fourth-order valence-electron chi connectivity index (χ4n) is 3.75. The normalized spacial score (nSPS) is 12.9. The number of hydrogen-bond acceptors (Lipinski definition) is 4. The number of carbonyl (C=O) groups is 2. The molecule has 7 nitrogen and oxygen atoms in total. The molecular formula is C28H30BrCl2N3O4S. The number of anilines is 1. The second-order valence-corrected chi connectivity index (χ2v) is 12.7. The largest absolute Gasteiger partial charge is 0.352 e. The van der Waals surface area contributed by atoms with E-state index in [9.17, 15) is 18.0 Å². The van der Waals surface area contributed by atoms with Crippen molar-refractivity contribution in [3.8, 4) is 0 Å². The van der Waals surface area contributed by atoms with Crippen LogP contribution in [-0.2, 0) is 26.2 Å². The van der Waals surface area contributed by atoms with Crippen LogP contribution < -0.4 is 9.62 Å². The SMILES string of the molecule is CC[C@H](C)NC(=O)[C@@H](C)N(Cc1ccc(Br)cc1)C(=O)CN(c1ccc(Cl)cc1Cl)S(=O)(=O)c1ccccc1. The number of carbonyl (C=O) groups excluding carboxylic acids is 2. The lowest BCUT2D eigenvalue weighted by Crippen LogP contribution is -2.52. The summed E-state index contributed by atoms with van der Waals surface area (Å²) in [6.45, 7) is 4.95. The highest BCUT2D eigenvalue weighted by Crippen LogP contribution is 2.33. The van der Waals surface area contributed by atoms with E-state index in [1.165, 1.54) is 35.2 Å². The molecule has 0 aliphatic heterocycles. The molecular weight excluding hydrogens is 625 g/mol. The molecule has 0 unspecified atom stereocenters. The van der Waals surface area contributed by atoms with E-state index in [0.29, 0.717) is 5.02 Å². The number of rotatable bonds is 11. The summed E-state index contributed by atoms with van der Waals surface area (Å²) < 4.78 is 29.4. The van der Waals surface area contributed by atoms with Gasteiger partial charge in [0.05, 0.1) is 15.6 Å². The first kappa shape index (κ1) is 30.9. The highest BCUT2D eigenvalue weighted by Gasteiger charge is 2.33. The Morgan fingerprint density at radius 1 is 0.974 bits per heavy atom. The van der Waals surface area contributed by atoms with Gasteiger partial charge in [0.25, 0.3) is 10.0 Å². The molecule has 0 heterocycles. The lowest BCUT2D eigenvalue weighted by atomic mass is 10.1. The summed E-state index contributed by atoms with van der Waals surface area (Å²) in [5.41, 5.74) is 0.871. The van der Waals surface area contributed by atoms with Crippen molar-refractivity contribution in [2.24, 2.45) is 0 Å². The van der Waals surface area contributed by atoms with Crippen molar-refractivity contribution < 1.29 is 18.0 Å². The van der Waals surface area contributed by atoms with Gasteiger partial charge in [0, 0.05) is 22.1 Å². The van der Waals surface area contributed by atoms with E-state index in [-0.39, 0.29) is 34.1 Å². The highest BCUT2D eigenvalue weighted by molar-refractivity contribution is 9.10. The summed E-state index contributed by atoms with van der Waals surface area (Å²) in [5.74, 6) is -0.910. The topological polar surface area (TPSA) is 86.8 Å². The maximum absolute atomic E-state index is 13.9. The molecule has 3 aromatic carbocycles. The van der Waals surface area contributed by atoms with Gasteiger partial charge >= 0.3 is 0 Å². The molecule has 0 aliphatic carbocycles. The first-order valence-corrected chi connectivity index (χ1v) is 15.3. The standard InChI is InChI=1S/C28H30BrCl2N3O4S/c1-4-19(2)32-28(36)20(3)33(17-21-10-12-22(29)13-11-21)27(35)18-34(26-15-14-23(30)16-25(26)31)39(37,38)24-8-6-5-7-9-24/h5-16,19-20H,4,17-18H2,1-3H3,(H,32,36)/t19-,20+/m0/s1. The lowest BCUT2D eigenvalue weighted by Gasteiger charge is -2.32. The van der Waals surface area contributed by atoms with Gasteiger partial charge in [-0.2, -0.15) is 0 Å². The van der Waals surface area contributed by atoms with E-state index >= 15 is 0 Å². The summed E-state index contributed by atoms with van der Waals surface area (Å²) in [6.07, 6.45) is 0.720. The van der Waals surface area contributed by atoms with Crippen LogP contribution in [0.15, 0.2) is 82.2 Å². The van der Waals surface area contributed by atoms with Gasteiger partial charge in [-0.1, -0.05) is 76.4 Å². The predicted octanol–water partition coefficient (Wildman–Crippen LogP) is 6.28. The molecule has 1 N–H and O–H groups in total. The van der Waals surface area contributed by atoms with E-state index in [2.05, 4.69) is 21.2 Å². The van der Waals surface area contributed by atoms with Crippen LogP contribution in [0.2, 0.25) is 10.0 Å². The van der Waals surface area contributed by atoms with Crippen LogP contribution in [-0.4, -0.2) is 43.8 Å². The minimum Gasteiger partial charge on any atom is -0.352 e.